The highest BCUT2D eigenvalue weighted by Gasteiger charge is 2.10. The van der Waals surface area contributed by atoms with E-state index in [2.05, 4.69) is 17.2 Å². The summed E-state index contributed by atoms with van der Waals surface area (Å²) >= 11 is 0. The fourth-order valence-electron chi connectivity index (χ4n) is 1.83. The maximum absolute atomic E-state index is 11.1. The number of hydrogen-bond acceptors (Lipinski definition) is 3. The fraction of sp³-hybridized carbons (Fsp3) is 0.600. The molecule has 0 atom stereocenters. The third-order valence-electron chi connectivity index (χ3n) is 3.02. The van der Waals surface area contributed by atoms with Crippen LogP contribution in [0.4, 0.5) is 5.82 Å². The Kier molecular flexibility index (Phi) is 6.33. The molecule has 1 aromatic rings. The van der Waals surface area contributed by atoms with Crippen molar-refractivity contribution in [1.82, 2.24) is 4.98 Å². The summed E-state index contributed by atoms with van der Waals surface area (Å²) < 4.78 is 0. The van der Waals surface area contributed by atoms with Crippen LogP contribution >= 0.6 is 0 Å². The van der Waals surface area contributed by atoms with Crippen molar-refractivity contribution < 1.29 is 9.90 Å². The molecular formula is C15H24N2O2. The number of nitrogens with zero attached hydrogens (tertiary/aromatic N) is 1. The van der Waals surface area contributed by atoms with Gasteiger partial charge >= 0.3 is 5.97 Å². The average Bonchev–Trinajstić information content (AvgIpc) is 2.38. The zero-order valence-corrected chi connectivity index (χ0v) is 12.1. The quantitative estimate of drug-likeness (QED) is 0.699. The molecule has 2 N–H and O–H groups in total. The lowest BCUT2D eigenvalue weighted by atomic mass is 10.1. The van der Waals surface area contributed by atoms with Crippen LogP contribution in [0.15, 0.2) is 12.1 Å². The fourth-order valence-corrected chi connectivity index (χ4v) is 1.83. The van der Waals surface area contributed by atoms with Crippen LogP contribution in [0.2, 0.25) is 0 Å². The molecule has 0 radical (unpaired) electrons. The van der Waals surface area contributed by atoms with Crippen LogP contribution in [0.25, 0.3) is 0 Å². The lowest BCUT2D eigenvalue weighted by Crippen LogP contribution is -2.08. The summed E-state index contributed by atoms with van der Waals surface area (Å²) in [5.41, 5.74) is 1.12. The molecule has 0 fully saturated rings. The number of aromatic nitrogens is 1. The summed E-state index contributed by atoms with van der Waals surface area (Å²) in [6, 6.07) is 3.25. The highest BCUT2D eigenvalue weighted by atomic mass is 16.4. The van der Waals surface area contributed by atoms with Crippen molar-refractivity contribution in [3.05, 3.63) is 23.4 Å². The Bertz CT molecular complexity index is 417. The molecule has 4 nitrogen and oxygen atoms in total. The van der Waals surface area contributed by atoms with E-state index in [4.69, 9.17) is 5.11 Å². The monoisotopic (exact) mass is 264 g/mol. The Balaban J connectivity index is 2.68. The maximum Gasteiger partial charge on any atom is 0.335 e. The van der Waals surface area contributed by atoms with E-state index in [-0.39, 0.29) is 5.92 Å². The zero-order chi connectivity index (χ0) is 14.3. The van der Waals surface area contributed by atoms with Gasteiger partial charge in [0.2, 0.25) is 0 Å². The first kappa shape index (κ1) is 15.5. The molecule has 1 aromatic heterocycles. The van der Waals surface area contributed by atoms with E-state index in [9.17, 15) is 4.79 Å². The van der Waals surface area contributed by atoms with Crippen molar-refractivity contribution in [2.45, 2.75) is 52.4 Å². The van der Waals surface area contributed by atoms with Gasteiger partial charge in [-0.3, -0.25) is 0 Å². The minimum Gasteiger partial charge on any atom is -0.478 e. The molecule has 0 aliphatic carbocycles. The predicted octanol–water partition coefficient (Wildman–Crippen LogP) is 3.90. The van der Waals surface area contributed by atoms with Crippen LogP contribution in [0, 0.1) is 0 Å². The molecule has 1 heterocycles. The number of anilines is 1. The van der Waals surface area contributed by atoms with Gasteiger partial charge in [0.15, 0.2) is 0 Å². The summed E-state index contributed by atoms with van der Waals surface area (Å²) in [6.07, 6.45) is 4.73. The summed E-state index contributed by atoms with van der Waals surface area (Å²) in [6.45, 7) is 7.05. The molecule has 0 amide bonds. The van der Waals surface area contributed by atoms with Gasteiger partial charge < -0.3 is 10.4 Å². The molecule has 0 spiro atoms. The molecule has 0 aromatic carbocycles. The van der Waals surface area contributed by atoms with Crippen LogP contribution in [0.3, 0.4) is 0 Å². The highest BCUT2D eigenvalue weighted by Crippen LogP contribution is 2.17. The normalized spacial score (nSPS) is 10.7. The minimum atomic E-state index is -0.904. The number of aromatic carboxylic acids is 1. The molecule has 4 heteroatoms. The third-order valence-corrected chi connectivity index (χ3v) is 3.02. The van der Waals surface area contributed by atoms with E-state index < -0.39 is 5.97 Å². The van der Waals surface area contributed by atoms with Crippen LogP contribution in [-0.4, -0.2) is 22.6 Å². The van der Waals surface area contributed by atoms with Crippen molar-refractivity contribution >= 4 is 11.8 Å². The lowest BCUT2D eigenvalue weighted by molar-refractivity contribution is 0.0696. The number of hydrogen-bond donors (Lipinski definition) is 2. The van der Waals surface area contributed by atoms with Crippen LogP contribution in [-0.2, 0) is 0 Å². The van der Waals surface area contributed by atoms with Crippen LogP contribution in [0.1, 0.15) is 68.4 Å². The van der Waals surface area contributed by atoms with Crippen molar-refractivity contribution in [2.75, 3.05) is 11.9 Å². The first-order chi connectivity index (χ1) is 9.04. The largest absolute Gasteiger partial charge is 0.478 e. The molecule has 1 rings (SSSR count). The number of nitrogens with one attached hydrogen (secondary N) is 1. The number of pyridine rings is 1. The Morgan fingerprint density at radius 3 is 2.63 bits per heavy atom. The van der Waals surface area contributed by atoms with E-state index in [1.807, 2.05) is 13.8 Å². The van der Waals surface area contributed by atoms with Gasteiger partial charge in [-0.05, 0) is 24.5 Å². The van der Waals surface area contributed by atoms with Gasteiger partial charge in [0.05, 0.1) is 5.56 Å². The molecule has 0 bridgehead atoms. The standard InChI is InChI=1S/C15H24N2O2/c1-4-5-6-7-8-16-14-10-12(15(18)19)9-13(17-14)11(2)3/h9-11H,4-8H2,1-3H3,(H,16,17)(H,18,19). The second-order valence-electron chi connectivity index (χ2n) is 5.11. The predicted molar refractivity (Wildman–Crippen MR) is 77.9 cm³/mol. The maximum atomic E-state index is 11.1. The van der Waals surface area contributed by atoms with E-state index in [1.54, 1.807) is 12.1 Å². The van der Waals surface area contributed by atoms with Crippen molar-refractivity contribution in [3.63, 3.8) is 0 Å². The number of carboxylic acid groups (broad SMARTS) is 1. The number of carbonyl (C=O) groups is 1. The molecule has 0 saturated heterocycles. The summed E-state index contributed by atoms with van der Waals surface area (Å²) in [5.74, 6) is -0.0154. The van der Waals surface area contributed by atoms with Crippen molar-refractivity contribution in [2.24, 2.45) is 0 Å². The van der Waals surface area contributed by atoms with E-state index in [1.165, 1.54) is 19.3 Å². The molecule has 19 heavy (non-hydrogen) atoms. The zero-order valence-electron chi connectivity index (χ0n) is 12.1. The average molecular weight is 264 g/mol. The number of rotatable bonds is 8. The van der Waals surface area contributed by atoms with Gasteiger partial charge in [-0.1, -0.05) is 40.0 Å². The van der Waals surface area contributed by atoms with Gasteiger partial charge in [0.1, 0.15) is 5.82 Å². The Morgan fingerprint density at radius 2 is 2.05 bits per heavy atom. The van der Waals surface area contributed by atoms with Gasteiger partial charge in [-0.25, -0.2) is 9.78 Å². The summed E-state index contributed by atoms with van der Waals surface area (Å²) in [7, 11) is 0. The van der Waals surface area contributed by atoms with E-state index >= 15 is 0 Å². The smallest absolute Gasteiger partial charge is 0.335 e. The number of unbranched alkanes of at least 4 members (excludes halogenated alkanes) is 3. The first-order valence-electron chi connectivity index (χ1n) is 7.03. The molecule has 0 saturated carbocycles. The Hall–Kier alpha value is -1.58. The van der Waals surface area contributed by atoms with Crippen molar-refractivity contribution in [1.29, 1.82) is 0 Å². The van der Waals surface area contributed by atoms with Gasteiger partial charge in [-0.15, -0.1) is 0 Å². The third kappa shape index (κ3) is 5.28. The second kappa shape index (κ2) is 7.77. The molecular weight excluding hydrogens is 240 g/mol. The minimum absolute atomic E-state index is 0.222. The SMILES string of the molecule is CCCCCCNc1cc(C(=O)O)cc(C(C)C)n1. The van der Waals surface area contributed by atoms with Crippen molar-refractivity contribution in [3.8, 4) is 0 Å². The lowest BCUT2D eigenvalue weighted by Gasteiger charge is -2.11. The highest BCUT2D eigenvalue weighted by molar-refractivity contribution is 5.88. The van der Waals surface area contributed by atoms with E-state index in [0.29, 0.717) is 11.4 Å². The van der Waals surface area contributed by atoms with Crippen LogP contribution in [0.5, 0.6) is 0 Å². The van der Waals surface area contributed by atoms with Gasteiger partial charge in [0.25, 0.3) is 0 Å². The summed E-state index contributed by atoms with van der Waals surface area (Å²) in [5, 5.41) is 12.3. The Morgan fingerprint density at radius 1 is 1.32 bits per heavy atom. The number of carboxylic acids is 1. The molecule has 0 unspecified atom stereocenters. The summed E-state index contributed by atoms with van der Waals surface area (Å²) in [4.78, 5) is 15.5. The second-order valence-corrected chi connectivity index (χ2v) is 5.11. The van der Waals surface area contributed by atoms with Crippen LogP contribution < -0.4 is 5.32 Å². The first-order valence-corrected chi connectivity index (χ1v) is 7.03. The van der Waals surface area contributed by atoms with Gasteiger partial charge in [0, 0.05) is 12.2 Å². The topological polar surface area (TPSA) is 62.2 Å². The molecule has 106 valence electrons. The Labute approximate surface area is 115 Å². The molecule has 0 aliphatic rings. The van der Waals surface area contributed by atoms with Gasteiger partial charge in [-0.2, -0.15) is 0 Å². The van der Waals surface area contributed by atoms with E-state index in [0.717, 1.165) is 18.7 Å². The molecule has 0 aliphatic heterocycles.